The van der Waals surface area contributed by atoms with Crippen LogP contribution in [0.2, 0.25) is 0 Å². The summed E-state index contributed by atoms with van der Waals surface area (Å²) in [6, 6.07) is 26.7. The Morgan fingerprint density at radius 1 is 0.846 bits per heavy atom. The van der Waals surface area contributed by atoms with Crippen molar-refractivity contribution in [2.75, 3.05) is 20.8 Å². The van der Waals surface area contributed by atoms with Crippen molar-refractivity contribution in [3.8, 4) is 23.0 Å². The van der Waals surface area contributed by atoms with E-state index in [2.05, 4.69) is 10.3 Å². The molecule has 0 bridgehead atoms. The van der Waals surface area contributed by atoms with Crippen LogP contribution in [0.1, 0.15) is 27.5 Å². The molecular formula is C31H26N2O6. The molecule has 0 atom stereocenters. The van der Waals surface area contributed by atoms with Gasteiger partial charge in [-0.3, -0.25) is 4.79 Å². The molecule has 1 N–H and O–H groups in total. The van der Waals surface area contributed by atoms with E-state index in [4.69, 9.17) is 18.6 Å². The molecule has 8 heteroatoms. The zero-order chi connectivity index (χ0) is 27.2. The van der Waals surface area contributed by atoms with Crippen LogP contribution in [0, 0.1) is 0 Å². The van der Waals surface area contributed by atoms with Gasteiger partial charge in [-0.15, -0.1) is 0 Å². The Hall–Kier alpha value is -5.11. The third kappa shape index (κ3) is 5.75. The second-order valence-electron chi connectivity index (χ2n) is 8.67. The van der Waals surface area contributed by atoms with Gasteiger partial charge in [0, 0.05) is 5.39 Å². The van der Waals surface area contributed by atoms with Crippen molar-refractivity contribution in [2.24, 2.45) is 0 Å². The van der Waals surface area contributed by atoms with E-state index in [1.807, 2.05) is 60.7 Å². The van der Waals surface area contributed by atoms with Crippen LogP contribution in [-0.2, 0) is 9.53 Å². The minimum Gasteiger partial charge on any atom is -0.497 e. The molecule has 0 aliphatic heterocycles. The monoisotopic (exact) mass is 522 g/mol. The lowest BCUT2D eigenvalue weighted by atomic mass is 9.98. The third-order valence-corrected chi connectivity index (χ3v) is 6.25. The Bertz CT molecular complexity index is 1530. The highest BCUT2D eigenvalue weighted by atomic mass is 16.5. The number of ether oxygens (including phenoxy) is 3. The minimum absolute atomic E-state index is 0.293. The smallest absolute Gasteiger partial charge is 0.339 e. The van der Waals surface area contributed by atoms with Gasteiger partial charge in [-0.2, -0.15) is 0 Å². The van der Waals surface area contributed by atoms with Crippen LogP contribution in [0.25, 0.3) is 22.4 Å². The van der Waals surface area contributed by atoms with Crippen LogP contribution in [0.15, 0.2) is 102 Å². The Balaban J connectivity index is 1.35. The van der Waals surface area contributed by atoms with Gasteiger partial charge < -0.3 is 23.9 Å². The highest BCUT2D eigenvalue weighted by Gasteiger charge is 2.21. The molecule has 39 heavy (non-hydrogen) atoms. The number of nitrogens with zero attached hydrogens (tertiary/aromatic N) is 1. The normalized spacial score (nSPS) is 10.8. The molecule has 0 aliphatic rings. The van der Waals surface area contributed by atoms with Crippen molar-refractivity contribution < 1.29 is 28.2 Å². The fourth-order valence-corrected chi connectivity index (χ4v) is 4.26. The molecule has 0 radical (unpaired) electrons. The van der Waals surface area contributed by atoms with Crippen molar-refractivity contribution in [2.45, 2.75) is 6.04 Å². The number of hydrogen-bond acceptors (Lipinski definition) is 7. The first-order valence-corrected chi connectivity index (χ1v) is 12.2. The Morgan fingerprint density at radius 3 is 2.08 bits per heavy atom. The first kappa shape index (κ1) is 25.5. The Labute approximate surface area is 225 Å². The number of furan rings is 1. The Morgan fingerprint density at radius 2 is 1.49 bits per heavy atom. The van der Waals surface area contributed by atoms with E-state index >= 15 is 0 Å². The maximum Gasteiger partial charge on any atom is 0.339 e. The number of fused-ring (bicyclic) bond motifs is 1. The third-order valence-electron chi connectivity index (χ3n) is 6.25. The summed E-state index contributed by atoms with van der Waals surface area (Å²) in [4.78, 5) is 30.8. The van der Waals surface area contributed by atoms with Gasteiger partial charge in [-0.25, -0.2) is 9.78 Å². The van der Waals surface area contributed by atoms with Crippen LogP contribution in [0.5, 0.6) is 11.5 Å². The maximum absolute atomic E-state index is 13.2. The van der Waals surface area contributed by atoms with Crippen molar-refractivity contribution in [3.63, 3.8) is 0 Å². The van der Waals surface area contributed by atoms with Gasteiger partial charge in [0.15, 0.2) is 12.4 Å². The number of hydrogen-bond donors (Lipinski definition) is 1. The van der Waals surface area contributed by atoms with Gasteiger partial charge in [0.25, 0.3) is 5.91 Å². The summed E-state index contributed by atoms with van der Waals surface area (Å²) in [5, 5.41) is 3.60. The van der Waals surface area contributed by atoms with Crippen molar-refractivity contribution in [1.29, 1.82) is 0 Å². The van der Waals surface area contributed by atoms with Crippen LogP contribution in [-0.4, -0.2) is 37.7 Å². The average molecular weight is 523 g/mol. The second-order valence-corrected chi connectivity index (χ2v) is 8.67. The molecule has 0 aliphatic carbocycles. The largest absolute Gasteiger partial charge is 0.497 e. The summed E-state index contributed by atoms with van der Waals surface area (Å²) in [6.07, 6.45) is 1.54. The zero-order valence-corrected chi connectivity index (χ0v) is 21.4. The number of carbonyl (C=O) groups is 2. The van der Waals surface area contributed by atoms with Crippen molar-refractivity contribution >= 4 is 22.8 Å². The second kappa shape index (κ2) is 11.5. The molecule has 5 aromatic rings. The standard InChI is InChI=1S/C31H26N2O6/c1-36-22-13-9-20(10-14-22)30(21-11-15-23(37-2)16-12-21)33-29(34)19-39-31(35)25-18-27(28-8-5-17-38-28)32-26-7-4-3-6-24(25)26/h3-18,30H,19H2,1-2H3,(H,33,34). The molecule has 8 nitrogen and oxygen atoms in total. The van der Waals surface area contributed by atoms with Crippen LogP contribution >= 0.6 is 0 Å². The predicted octanol–water partition coefficient (Wildman–Crippen LogP) is 5.57. The quantitative estimate of drug-likeness (QED) is 0.253. The molecule has 0 fully saturated rings. The molecule has 0 saturated heterocycles. The summed E-state index contributed by atoms with van der Waals surface area (Å²) in [5.74, 6) is 0.831. The first-order valence-electron chi connectivity index (χ1n) is 12.2. The number of pyridine rings is 1. The van der Waals surface area contributed by atoms with E-state index in [1.54, 1.807) is 44.6 Å². The fraction of sp³-hybridized carbons (Fsp3) is 0.129. The Kier molecular flexibility index (Phi) is 7.54. The first-order chi connectivity index (χ1) is 19.1. The predicted molar refractivity (Wildman–Crippen MR) is 146 cm³/mol. The molecule has 0 unspecified atom stereocenters. The number of esters is 1. The average Bonchev–Trinajstić information content (AvgIpc) is 3.54. The fourth-order valence-electron chi connectivity index (χ4n) is 4.26. The summed E-state index contributed by atoms with van der Waals surface area (Å²) in [7, 11) is 3.19. The molecule has 2 heterocycles. The number of carbonyl (C=O) groups excluding carboxylic acids is 2. The molecular weight excluding hydrogens is 496 g/mol. The van der Waals surface area contributed by atoms with E-state index in [9.17, 15) is 9.59 Å². The highest BCUT2D eigenvalue weighted by Crippen LogP contribution is 2.27. The molecule has 3 aromatic carbocycles. The van der Waals surface area contributed by atoms with Crippen LogP contribution in [0.4, 0.5) is 0 Å². The number of aromatic nitrogens is 1. The number of methoxy groups -OCH3 is 2. The lowest BCUT2D eigenvalue weighted by Crippen LogP contribution is -2.33. The number of benzene rings is 3. The number of nitrogens with one attached hydrogen (secondary N) is 1. The van der Waals surface area contributed by atoms with Gasteiger partial charge >= 0.3 is 5.97 Å². The SMILES string of the molecule is COc1ccc(C(NC(=O)COC(=O)c2cc(-c3ccco3)nc3ccccc23)c2ccc(OC)cc2)cc1. The van der Waals surface area contributed by atoms with Crippen LogP contribution in [0.3, 0.4) is 0 Å². The van der Waals surface area contributed by atoms with E-state index in [0.717, 1.165) is 11.1 Å². The van der Waals surface area contributed by atoms with E-state index in [0.29, 0.717) is 39.4 Å². The zero-order valence-electron chi connectivity index (χ0n) is 21.4. The van der Waals surface area contributed by atoms with Crippen LogP contribution < -0.4 is 14.8 Å². The molecule has 0 saturated carbocycles. The summed E-state index contributed by atoms with van der Waals surface area (Å²) in [6.45, 7) is -0.464. The molecule has 0 spiro atoms. The summed E-state index contributed by atoms with van der Waals surface area (Å²) < 4.78 is 21.5. The molecule has 5 rings (SSSR count). The van der Waals surface area contributed by atoms with Gasteiger partial charge in [-0.05, 0) is 59.7 Å². The maximum atomic E-state index is 13.2. The van der Waals surface area contributed by atoms with Gasteiger partial charge in [0.1, 0.15) is 17.2 Å². The van der Waals surface area contributed by atoms with Crippen molar-refractivity contribution in [1.82, 2.24) is 10.3 Å². The minimum atomic E-state index is -0.637. The van der Waals surface area contributed by atoms with Gasteiger partial charge in [0.05, 0.1) is 37.6 Å². The lowest BCUT2D eigenvalue weighted by Gasteiger charge is -2.20. The molecule has 1 amide bonds. The molecule has 2 aromatic heterocycles. The summed E-state index contributed by atoms with van der Waals surface area (Å²) >= 11 is 0. The van der Waals surface area contributed by atoms with Crippen molar-refractivity contribution in [3.05, 3.63) is 114 Å². The number of amides is 1. The van der Waals surface area contributed by atoms with E-state index in [1.165, 1.54) is 6.26 Å². The topological polar surface area (TPSA) is 99.9 Å². The molecule has 196 valence electrons. The highest BCUT2D eigenvalue weighted by molar-refractivity contribution is 6.05. The van der Waals surface area contributed by atoms with E-state index < -0.39 is 24.5 Å². The number of para-hydroxylation sites is 1. The number of rotatable bonds is 9. The van der Waals surface area contributed by atoms with E-state index in [-0.39, 0.29) is 0 Å². The summed E-state index contributed by atoms with van der Waals surface area (Å²) in [5.41, 5.74) is 3.07. The lowest BCUT2D eigenvalue weighted by molar-refractivity contribution is -0.124. The van der Waals surface area contributed by atoms with Gasteiger partial charge in [-0.1, -0.05) is 42.5 Å². The van der Waals surface area contributed by atoms with Gasteiger partial charge in [0.2, 0.25) is 0 Å².